The van der Waals surface area contributed by atoms with Crippen LogP contribution in [0.3, 0.4) is 0 Å². The number of alkyl halides is 4. The van der Waals surface area contributed by atoms with Gasteiger partial charge in [-0.2, -0.15) is 28.1 Å². The molecule has 0 fully saturated rings. The summed E-state index contributed by atoms with van der Waals surface area (Å²) in [5, 5.41) is 4.86. The van der Waals surface area contributed by atoms with Gasteiger partial charge in [0, 0.05) is 6.92 Å². The fourth-order valence-corrected chi connectivity index (χ4v) is 2.43. The number of halogens is 4. The fourth-order valence-electron chi connectivity index (χ4n) is 2.43. The van der Waals surface area contributed by atoms with Crippen LogP contribution in [0.2, 0.25) is 0 Å². The normalized spacial score (nSPS) is 13.5. The first-order valence-corrected chi connectivity index (χ1v) is 8.66. The molecule has 2 rings (SSSR count). The van der Waals surface area contributed by atoms with Crippen molar-refractivity contribution < 1.29 is 27.1 Å². The van der Waals surface area contributed by atoms with E-state index in [-0.39, 0.29) is 12.6 Å². The summed E-state index contributed by atoms with van der Waals surface area (Å²) < 4.78 is 57.4. The number of rotatable bonds is 7. The molecule has 2 unspecified atom stereocenters. The first-order chi connectivity index (χ1) is 13.4. The Morgan fingerprint density at radius 3 is 2.24 bits per heavy atom. The molecule has 7 nitrogen and oxygen atoms in total. The second-order valence-electron chi connectivity index (χ2n) is 6.61. The Morgan fingerprint density at radius 1 is 1.10 bits per heavy atom. The molecule has 0 radical (unpaired) electrons. The average Bonchev–Trinajstić information content (AvgIpc) is 2.57. The molecule has 0 saturated heterocycles. The number of aryl methyl sites for hydroxylation is 2. The Hall–Kier alpha value is -2.98. The summed E-state index contributed by atoms with van der Waals surface area (Å²) >= 11 is 0. The second kappa shape index (κ2) is 9.01. The maximum absolute atomic E-state index is 13.7. The maximum atomic E-state index is 13.7. The van der Waals surface area contributed by atoms with Crippen molar-refractivity contribution in [2.75, 3.05) is 17.2 Å². The highest BCUT2D eigenvalue weighted by molar-refractivity contribution is 5.86. The van der Waals surface area contributed by atoms with Gasteiger partial charge in [-0.1, -0.05) is 6.07 Å². The molecule has 2 atom stereocenters. The van der Waals surface area contributed by atoms with Crippen LogP contribution in [0, 0.1) is 13.8 Å². The molecule has 0 saturated carbocycles. The van der Waals surface area contributed by atoms with Crippen LogP contribution >= 0.6 is 0 Å². The van der Waals surface area contributed by atoms with Crippen molar-refractivity contribution in [1.29, 1.82) is 0 Å². The molecule has 0 aliphatic carbocycles. The minimum atomic E-state index is -5.19. The highest BCUT2D eigenvalue weighted by atomic mass is 19.4. The number of hydrogen-bond donors (Lipinski definition) is 2. The zero-order chi connectivity index (χ0) is 21.8. The van der Waals surface area contributed by atoms with Crippen molar-refractivity contribution in [3.8, 4) is 5.75 Å². The van der Waals surface area contributed by atoms with Gasteiger partial charge in [-0.05, 0) is 44.0 Å². The molecule has 158 valence electrons. The summed E-state index contributed by atoms with van der Waals surface area (Å²) in [4.78, 5) is 21.8. The summed E-state index contributed by atoms with van der Waals surface area (Å²) in [6.45, 7) is 6.78. The smallest absolute Gasteiger partial charge is 0.427 e. The fraction of sp³-hybridized carbons (Fsp3) is 0.444. The van der Waals surface area contributed by atoms with Crippen LogP contribution in [0.1, 0.15) is 37.0 Å². The molecule has 2 N–H and O–H groups in total. The summed E-state index contributed by atoms with van der Waals surface area (Å²) in [6.07, 6.45) is -8.61. The average molecular weight is 415 g/mol. The lowest BCUT2D eigenvalue weighted by Gasteiger charge is -2.17. The lowest BCUT2D eigenvalue weighted by Crippen LogP contribution is -2.27. The molecule has 1 amide bonds. The minimum Gasteiger partial charge on any atom is -0.491 e. The zero-order valence-corrected chi connectivity index (χ0v) is 16.3. The van der Waals surface area contributed by atoms with E-state index in [0.29, 0.717) is 5.75 Å². The molecule has 1 heterocycles. The largest absolute Gasteiger partial charge is 0.491 e. The summed E-state index contributed by atoms with van der Waals surface area (Å²) in [7, 11) is 0. The third-order valence-corrected chi connectivity index (χ3v) is 3.53. The molecule has 1 aromatic carbocycles. The summed E-state index contributed by atoms with van der Waals surface area (Å²) in [5.74, 6) is -1.95. The van der Waals surface area contributed by atoms with Gasteiger partial charge in [0.15, 0.2) is 5.82 Å². The lowest BCUT2D eigenvalue weighted by atomic mass is 10.1. The van der Waals surface area contributed by atoms with E-state index in [0.717, 1.165) is 18.1 Å². The molecule has 11 heteroatoms. The number of nitrogens with zero attached hydrogens (tertiary/aromatic N) is 3. The minimum absolute atomic E-state index is 0.137. The van der Waals surface area contributed by atoms with Crippen LogP contribution in [0.5, 0.6) is 5.75 Å². The SMILES string of the molecule is CC(=O)Nc1nc(NC(C)COc2cc(C)cc(C)c2)nc(C(F)C(F)(F)F)n1. The van der Waals surface area contributed by atoms with Crippen LogP contribution in [-0.2, 0) is 4.79 Å². The van der Waals surface area contributed by atoms with Crippen molar-refractivity contribution >= 4 is 17.8 Å². The van der Waals surface area contributed by atoms with E-state index in [1.165, 1.54) is 0 Å². The van der Waals surface area contributed by atoms with Gasteiger partial charge in [0.2, 0.25) is 17.8 Å². The molecule has 29 heavy (non-hydrogen) atoms. The number of ether oxygens (including phenoxy) is 1. The van der Waals surface area contributed by atoms with Gasteiger partial charge in [0.1, 0.15) is 12.4 Å². The second-order valence-corrected chi connectivity index (χ2v) is 6.61. The molecular weight excluding hydrogens is 394 g/mol. The van der Waals surface area contributed by atoms with Gasteiger partial charge < -0.3 is 10.1 Å². The van der Waals surface area contributed by atoms with E-state index in [2.05, 4.69) is 25.6 Å². The standard InChI is InChI=1S/C18H21F4N5O2/c1-9-5-10(2)7-13(6-9)29-8-11(3)23-16-25-15(14(19)18(20,21)22)26-17(27-16)24-12(4)28/h5-7,11,14H,8H2,1-4H3,(H2,23,24,25,26,27,28). The molecule has 0 aliphatic rings. The van der Waals surface area contributed by atoms with E-state index >= 15 is 0 Å². The quantitative estimate of drug-likeness (QED) is 0.667. The number of amides is 1. The first kappa shape index (κ1) is 22.3. The number of aromatic nitrogens is 3. The molecule has 0 aliphatic heterocycles. The van der Waals surface area contributed by atoms with Gasteiger partial charge >= 0.3 is 6.18 Å². The third-order valence-electron chi connectivity index (χ3n) is 3.53. The maximum Gasteiger partial charge on any atom is 0.427 e. The molecular formula is C18H21F4N5O2. The predicted octanol–water partition coefficient (Wildman–Crippen LogP) is 3.90. The van der Waals surface area contributed by atoms with Crippen LogP contribution < -0.4 is 15.4 Å². The van der Waals surface area contributed by atoms with Gasteiger partial charge in [-0.3, -0.25) is 10.1 Å². The van der Waals surface area contributed by atoms with E-state index in [1.54, 1.807) is 6.92 Å². The Bertz CT molecular complexity index is 856. The van der Waals surface area contributed by atoms with Crippen molar-refractivity contribution in [2.45, 2.75) is 46.1 Å². The zero-order valence-electron chi connectivity index (χ0n) is 16.3. The third kappa shape index (κ3) is 6.84. The number of hydrogen-bond acceptors (Lipinski definition) is 6. The van der Waals surface area contributed by atoms with Gasteiger partial charge in [-0.25, -0.2) is 4.39 Å². The highest BCUT2D eigenvalue weighted by Crippen LogP contribution is 2.34. The predicted molar refractivity (Wildman–Crippen MR) is 98.5 cm³/mol. The number of carbonyl (C=O) groups excluding carboxylic acids is 1. The van der Waals surface area contributed by atoms with Crippen LogP contribution in [0.4, 0.5) is 29.5 Å². The Balaban J connectivity index is 2.15. The van der Waals surface area contributed by atoms with Crippen molar-refractivity contribution in [3.05, 3.63) is 35.2 Å². The summed E-state index contributed by atoms with van der Waals surface area (Å²) in [6, 6.07) is 5.22. The van der Waals surface area contributed by atoms with E-state index in [1.807, 2.05) is 32.0 Å². The summed E-state index contributed by atoms with van der Waals surface area (Å²) in [5.41, 5.74) is 2.03. The van der Waals surface area contributed by atoms with Crippen LogP contribution in [-0.4, -0.2) is 39.7 Å². The van der Waals surface area contributed by atoms with Gasteiger partial charge in [0.05, 0.1) is 6.04 Å². The molecule has 2 aromatic rings. The van der Waals surface area contributed by atoms with E-state index in [9.17, 15) is 22.4 Å². The Morgan fingerprint density at radius 2 is 1.69 bits per heavy atom. The van der Waals surface area contributed by atoms with Gasteiger partial charge in [-0.15, -0.1) is 0 Å². The van der Waals surface area contributed by atoms with Gasteiger partial charge in [0.25, 0.3) is 6.17 Å². The monoisotopic (exact) mass is 415 g/mol. The molecule has 1 aromatic heterocycles. The van der Waals surface area contributed by atoms with E-state index in [4.69, 9.17) is 4.74 Å². The Kier molecular flexibility index (Phi) is 6.93. The van der Waals surface area contributed by atoms with Crippen molar-refractivity contribution in [3.63, 3.8) is 0 Å². The Labute approximate surface area is 164 Å². The number of nitrogens with one attached hydrogen (secondary N) is 2. The molecule has 0 spiro atoms. The lowest BCUT2D eigenvalue weighted by molar-refractivity contribution is -0.184. The number of carbonyl (C=O) groups is 1. The molecule has 0 bridgehead atoms. The van der Waals surface area contributed by atoms with Crippen LogP contribution in [0.15, 0.2) is 18.2 Å². The van der Waals surface area contributed by atoms with Crippen molar-refractivity contribution in [2.24, 2.45) is 0 Å². The first-order valence-electron chi connectivity index (χ1n) is 8.66. The van der Waals surface area contributed by atoms with Crippen molar-refractivity contribution in [1.82, 2.24) is 15.0 Å². The highest BCUT2D eigenvalue weighted by Gasteiger charge is 2.44. The number of anilines is 2. The topological polar surface area (TPSA) is 89.0 Å². The van der Waals surface area contributed by atoms with E-state index < -0.39 is 36.1 Å². The van der Waals surface area contributed by atoms with Crippen LogP contribution in [0.25, 0.3) is 0 Å². The number of benzene rings is 1.